The molecule has 6 heteroatoms. The Morgan fingerprint density at radius 3 is 3.00 bits per heavy atom. The van der Waals surface area contributed by atoms with Crippen molar-refractivity contribution in [3.05, 3.63) is 34.8 Å². The van der Waals surface area contributed by atoms with Gasteiger partial charge in [0, 0.05) is 11.3 Å². The summed E-state index contributed by atoms with van der Waals surface area (Å²) >= 11 is 1.55. The minimum absolute atomic E-state index is 0.383. The second kappa shape index (κ2) is 5.13. The van der Waals surface area contributed by atoms with Crippen LogP contribution >= 0.6 is 11.3 Å². The fraction of sp³-hybridized carbons (Fsp3) is 0.286. The first-order valence-corrected chi connectivity index (χ1v) is 7.25. The van der Waals surface area contributed by atoms with Gasteiger partial charge in [0.05, 0.1) is 29.7 Å². The van der Waals surface area contributed by atoms with Gasteiger partial charge < -0.3 is 15.8 Å². The number of nitrogens with two attached hydrogens (primary N) is 1. The molecule has 0 spiro atoms. The highest BCUT2D eigenvalue weighted by atomic mass is 32.1. The van der Waals surface area contributed by atoms with Crippen LogP contribution in [0.1, 0.15) is 34.8 Å². The molecule has 1 fully saturated rings. The monoisotopic (exact) mass is 289 g/mol. The molecule has 1 aliphatic carbocycles. The quantitative estimate of drug-likeness (QED) is 0.668. The first kappa shape index (κ1) is 12.9. The Morgan fingerprint density at radius 1 is 1.50 bits per heavy atom. The van der Waals surface area contributed by atoms with Crippen LogP contribution in [-0.2, 0) is 4.74 Å². The highest BCUT2D eigenvalue weighted by molar-refractivity contribution is 7.13. The summed E-state index contributed by atoms with van der Waals surface area (Å²) in [6, 6.07) is 5.01. The standard InChI is InChI=1S/C14H15N3O2S/c1-19-13(18)9-4-5-10(15)11(6-9)16-14-17-12(7-20-14)8-2-3-8/h4-8H,2-3,15H2,1H3,(H,16,17). The van der Waals surface area contributed by atoms with Crippen molar-refractivity contribution < 1.29 is 9.53 Å². The summed E-state index contributed by atoms with van der Waals surface area (Å²) in [7, 11) is 1.36. The Morgan fingerprint density at radius 2 is 2.30 bits per heavy atom. The van der Waals surface area contributed by atoms with Gasteiger partial charge in [-0.3, -0.25) is 0 Å². The summed E-state index contributed by atoms with van der Waals surface area (Å²) in [5, 5.41) is 6.03. The maximum Gasteiger partial charge on any atom is 0.337 e. The van der Waals surface area contributed by atoms with E-state index in [4.69, 9.17) is 10.5 Å². The van der Waals surface area contributed by atoms with Crippen molar-refractivity contribution in [2.24, 2.45) is 0 Å². The molecule has 5 nitrogen and oxygen atoms in total. The van der Waals surface area contributed by atoms with E-state index in [0.717, 1.165) is 10.8 Å². The Hall–Kier alpha value is -2.08. The average molecular weight is 289 g/mol. The van der Waals surface area contributed by atoms with Crippen molar-refractivity contribution in [1.29, 1.82) is 0 Å². The van der Waals surface area contributed by atoms with E-state index in [1.807, 2.05) is 0 Å². The summed E-state index contributed by atoms with van der Waals surface area (Å²) < 4.78 is 4.70. The number of hydrogen-bond donors (Lipinski definition) is 2. The van der Waals surface area contributed by atoms with Gasteiger partial charge >= 0.3 is 5.97 Å². The van der Waals surface area contributed by atoms with E-state index in [1.165, 1.54) is 20.0 Å². The third-order valence-corrected chi connectivity index (χ3v) is 4.01. The van der Waals surface area contributed by atoms with Crippen molar-refractivity contribution in [1.82, 2.24) is 4.98 Å². The minimum atomic E-state index is -0.383. The molecular formula is C14H15N3O2S. The van der Waals surface area contributed by atoms with Gasteiger partial charge in [0.2, 0.25) is 0 Å². The van der Waals surface area contributed by atoms with Crippen LogP contribution in [0.25, 0.3) is 0 Å². The number of thiazole rings is 1. The van der Waals surface area contributed by atoms with Crippen molar-refractivity contribution in [2.75, 3.05) is 18.2 Å². The van der Waals surface area contributed by atoms with Gasteiger partial charge in [0.25, 0.3) is 0 Å². The maximum atomic E-state index is 11.5. The van der Waals surface area contributed by atoms with E-state index in [9.17, 15) is 4.79 Å². The summed E-state index contributed by atoms with van der Waals surface area (Å²) in [4.78, 5) is 16.1. The Bertz CT molecular complexity index is 650. The molecule has 1 aromatic heterocycles. The van der Waals surface area contributed by atoms with Gasteiger partial charge in [-0.05, 0) is 31.0 Å². The molecule has 0 amide bonds. The highest BCUT2D eigenvalue weighted by Gasteiger charge is 2.26. The summed E-state index contributed by atoms with van der Waals surface area (Å²) in [5.41, 5.74) is 8.76. The lowest BCUT2D eigenvalue weighted by atomic mass is 10.2. The molecule has 0 saturated heterocycles. The number of nitrogens with one attached hydrogen (secondary N) is 1. The minimum Gasteiger partial charge on any atom is -0.465 e. The van der Waals surface area contributed by atoms with E-state index >= 15 is 0 Å². The molecule has 0 unspecified atom stereocenters. The van der Waals surface area contributed by atoms with Gasteiger partial charge in [-0.25, -0.2) is 9.78 Å². The molecule has 20 heavy (non-hydrogen) atoms. The first-order chi connectivity index (χ1) is 9.67. The number of ether oxygens (including phenoxy) is 1. The van der Waals surface area contributed by atoms with E-state index in [2.05, 4.69) is 15.7 Å². The van der Waals surface area contributed by atoms with E-state index in [-0.39, 0.29) is 5.97 Å². The second-order valence-corrected chi connectivity index (χ2v) is 5.63. The number of hydrogen-bond acceptors (Lipinski definition) is 6. The van der Waals surface area contributed by atoms with Crippen LogP contribution in [0, 0.1) is 0 Å². The third kappa shape index (κ3) is 2.60. The van der Waals surface area contributed by atoms with Gasteiger partial charge in [-0.15, -0.1) is 11.3 Å². The number of carbonyl (C=O) groups excluding carboxylic acids is 1. The second-order valence-electron chi connectivity index (χ2n) is 4.77. The van der Waals surface area contributed by atoms with Crippen molar-refractivity contribution in [2.45, 2.75) is 18.8 Å². The third-order valence-electron chi connectivity index (χ3n) is 3.23. The van der Waals surface area contributed by atoms with E-state index < -0.39 is 0 Å². The Labute approximate surface area is 120 Å². The fourth-order valence-corrected chi connectivity index (χ4v) is 2.74. The zero-order valence-corrected chi connectivity index (χ0v) is 11.9. The van der Waals surface area contributed by atoms with Crippen LogP contribution in [-0.4, -0.2) is 18.1 Å². The van der Waals surface area contributed by atoms with Gasteiger partial charge in [-0.1, -0.05) is 0 Å². The molecule has 1 aromatic carbocycles. The SMILES string of the molecule is COC(=O)c1ccc(N)c(Nc2nc(C3CC3)cs2)c1. The molecule has 1 saturated carbocycles. The van der Waals surface area contributed by atoms with Crippen LogP contribution in [0.4, 0.5) is 16.5 Å². The molecule has 0 radical (unpaired) electrons. The number of anilines is 3. The maximum absolute atomic E-state index is 11.5. The van der Waals surface area contributed by atoms with Crippen LogP contribution in [0.3, 0.4) is 0 Å². The summed E-state index contributed by atoms with van der Waals surface area (Å²) in [5.74, 6) is 0.242. The average Bonchev–Trinajstić information content (AvgIpc) is 3.21. The normalized spacial score (nSPS) is 14.1. The summed E-state index contributed by atoms with van der Waals surface area (Å²) in [6.45, 7) is 0. The van der Waals surface area contributed by atoms with Crippen LogP contribution in [0.15, 0.2) is 23.6 Å². The molecule has 0 atom stereocenters. The van der Waals surface area contributed by atoms with Crippen molar-refractivity contribution in [3.8, 4) is 0 Å². The number of benzene rings is 1. The zero-order valence-electron chi connectivity index (χ0n) is 11.1. The number of methoxy groups -OCH3 is 1. The lowest BCUT2D eigenvalue weighted by molar-refractivity contribution is 0.0601. The molecule has 3 rings (SSSR count). The molecule has 1 aliphatic rings. The van der Waals surface area contributed by atoms with Crippen LogP contribution < -0.4 is 11.1 Å². The number of nitrogens with zero attached hydrogens (tertiary/aromatic N) is 1. The molecular weight excluding hydrogens is 274 g/mol. The predicted molar refractivity (Wildman–Crippen MR) is 79.6 cm³/mol. The van der Waals surface area contributed by atoms with Gasteiger partial charge in [-0.2, -0.15) is 0 Å². The molecule has 0 bridgehead atoms. The van der Waals surface area contributed by atoms with Crippen LogP contribution in [0.2, 0.25) is 0 Å². The topological polar surface area (TPSA) is 77.2 Å². The molecule has 1 heterocycles. The lowest BCUT2D eigenvalue weighted by Gasteiger charge is -2.08. The lowest BCUT2D eigenvalue weighted by Crippen LogP contribution is -2.04. The Balaban J connectivity index is 1.82. The molecule has 0 aliphatic heterocycles. The number of esters is 1. The fourth-order valence-electron chi connectivity index (χ4n) is 1.93. The molecule has 2 aromatic rings. The highest BCUT2D eigenvalue weighted by Crippen LogP contribution is 2.41. The van der Waals surface area contributed by atoms with E-state index in [1.54, 1.807) is 29.5 Å². The number of rotatable bonds is 4. The number of nitrogen functional groups attached to an aromatic ring is 1. The van der Waals surface area contributed by atoms with Crippen LogP contribution in [0.5, 0.6) is 0 Å². The molecule has 104 valence electrons. The van der Waals surface area contributed by atoms with Crippen molar-refractivity contribution in [3.63, 3.8) is 0 Å². The summed E-state index contributed by atoms with van der Waals surface area (Å²) in [6.07, 6.45) is 2.45. The first-order valence-electron chi connectivity index (χ1n) is 6.37. The predicted octanol–water partition coefficient (Wildman–Crippen LogP) is 3.13. The van der Waals surface area contributed by atoms with Gasteiger partial charge in [0.15, 0.2) is 5.13 Å². The Kier molecular flexibility index (Phi) is 3.31. The van der Waals surface area contributed by atoms with Crippen molar-refractivity contribution >= 4 is 33.8 Å². The number of carbonyl (C=O) groups is 1. The zero-order chi connectivity index (χ0) is 14.1. The van der Waals surface area contributed by atoms with Gasteiger partial charge in [0.1, 0.15) is 0 Å². The largest absolute Gasteiger partial charge is 0.465 e. The number of aromatic nitrogens is 1. The van der Waals surface area contributed by atoms with E-state index in [0.29, 0.717) is 22.9 Å². The smallest absolute Gasteiger partial charge is 0.337 e. The molecule has 3 N–H and O–H groups in total.